The van der Waals surface area contributed by atoms with E-state index < -0.39 is 32.5 Å². The summed E-state index contributed by atoms with van der Waals surface area (Å²) in [5.74, 6) is -0.902. The molecule has 0 aliphatic rings. The first kappa shape index (κ1) is 52.3. The lowest BCUT2D eigenvalue weighted by atomic mass is 10.0. The fraction of sp³-hybridized carbons (Fsp3) is 0.822. The Kier molecular flexibility index (Phi) is 39.6. The largest absolute Gasteiger partial charge is 0.469 e. The van der Waals surface area contributed by atoms with E-state index in [1.54, 1.807) is 0 Å². The first-order valence-electron chi connectivity index (χ1n) is 22.3. The van der Waals surface area contributed by atoms with E-state index in [1.807, 2.05) is 0 Å². The monoisotopic (exact) mass is 783 g/mol. The summed E-state index contributed by atoms with van der Waals surface area (Å²) >= 11 is 0. The van der Waals surface area contributed by atoms with Crippen LogP contribution in [-0.2, 0) is 28.2 Å². The van der Waals surface area contributed by atoms with Gasteiger partial charge in [0, 0.05) is 12.8 Å². The Hall–Kier alpha value is -1.73. The van der Waals surface area contributed by atoms with E-state index in [2.05, 4.69) is 54.8 Å². The predicted molar refractivity (Wildman–Crippen MR) is 225 cm³/mol. The lowest BCUT2D eigenvalue weighted by Crippen LogP contribution is -2.29. The Morgan fingerprint density at radius 3 is 1.28 bits per heavy atom. The van der Waals surface area contributed by atoms with Crippen LogP contribution in [0.15, 0.2) is 36.5 Å². The number of carbonyl (C=O) groups is 2. The van der Waals surface area contributed by atoms with Gasteiger partial charge in [-0.1, -0.05) is 192 Å². The van der Waals surface area contributed by atoms with Crippen LogP contribution in [0.2, 0.25) is 0 Å². The second-order valence-electron chi connectivity index (χ2n) is 15.0. The molecule has 0 amide bonds. The molecular weight excluding hydrogens is 699 g/mol. The highest BCUT2D eigenvalue weighted by Crippen LogP contribution is 2.36. The van der Waals surface area contributed by atoms with Gasteiger partial charge in [0.25, 0.3) is 0 Å². The average molecular weight is 783 g/mol. The van der Waals surface area contributed by atoms with E-state index in [9.17, 15) is 14.2 Å². The second kappa shape index (κ2) is 40.9. The lowest BCUT2D eigenvalue weighted by Gasteiger charge is -2.18. The van der Waals surface area contributed by atoms with Gasteiger partial charge in [0.05, 0.1) is 6.61 Å². The number of hydrogen-bond acceptors (Lipinski definition) is 6. The van der Waals surface area contributed by atoms with Gasteiger partial charge in [-0.25, -0.2) is 4.57 Å². The molecule has 54 heavy (non-hydrogen) atoms. The van der Waals surface area contributed by atoms with Crippen molar-refractivity contribution in [3.63, 3.8) is 0 Å². The number of carbonyl (C=O) groups excluding carboxylic acids is 2. The standard InChI is InChI=1S/C45H83O8P/c1-3-5-7-9-11-13-15-17-19-21-22-24-25-27-29-31-33-35-37-39-44(46)51-41-43(42-52-54(48,49)50)53-45(47)40-38-36-34-32-30-28-26-23-20-18-16-14-12-10-8-6-4-2/h12,14,18,20,26,28,43H,3-11,13,15-17,19,21-25,27,29-42H2,1-2H3,(H2,48,49,50)/b14-12+,20-18+,28-26+/t43-/m1/s1. The molecule has 9 heteroatoms. The van der Waals surface area contributed by atoms with Crippen LogP contribution in [-0.4, -0.2) is 41.0 Å². The maximum Gasteiger partial charge on any atom is 0.469 e. The highest BCUT2D eigenvalue weighted by atomic mass is 31.2. The van der Waals surface area contributed by atoms with Crippen molar-refractivity contribution in [1.82, 2.24) is 0 Å². The number of phosphoric ester groups is 1. The molecule has 0 spiro atoms. The number of esters is 2. The van der Waals surface area contributed by atoms with Crippen LogP contribution in [0.3, 0.4) is 0 Å². The van der Waals surface area contributed by atoms with Crippen LogP contribution in [0.1, 0.15) is 219 Å². The van der Waals surface area contributed by atoms with E-state index in [4.69, 9.17) is 19.3 Å². The van der Waals surface area contributed by atoms with Crippen molar-refractivity contribution in [2.24, 2.45) is 0 Å². The summed E-state index contributed by atoms with van der Waals surface area (Å²) in [5.41, 5.74) is 0. The van der Waals surface area contributed by atoms with Crippen molar-refractivity contribution in [3.8, 4) is 0 Å². The Labute approximate surface area is 332 Å². The van der Waals surface area contributed by atoms with Crippen molar-refractivity contribution in [1.29, 1.82) is 0 Å². The summed E-state index contributed by atoms with van der Waals surface area (Å²) < 4.78 is 26.4. The zero-order valence-electron chi connectivity index (χ0n) is 34.9. The van der Waals surface area contributed by atoms with Gasteiger partial charge in [-0.15, -0.1) is 0 Å². The van der Waals surface area contributed by atoms with E-state index >= 15 is 0 Å². The molecule has 0 aliphatic carbocycles. The summed E-state index contributed by atoms with van der Waals surface area (Å²) in [6, 6.07) is 0. The molecule has 0 saturated heterocycles. The maximum atomic E-state index is 12.4. The number of phosphoric acid groups is 1. The topological polar surface area (TPSA) is 119 Å². The van der Waals surface area contributed by atoms with Crippen molar-refractivity contribution >= 4 is 19.8 Å². The summed E-state index contributed by atoms with van der Waals surface area (Å²) in [6.45, 7) is 3.66. The van der Waals surface area contributed by atoms with Crippen LogP contribution in [0.5, 0.6) is 0 Å². The molecule has 0 rings (SSSR count). The fourth-order valence-electron chi connectivity index (χ4n) is 6.32. The minimum Gasteiger partial charge on any atom is -0.462 e. The van der Waals surface area contributed by atoms with Crippen LogP contribution in [0.4, 0.5) is 0 Å². The molecule has 0 bridgehead atoms. The molecule has 2 N–H and O–H groups in total. The van der Waals surface area contributed by atoms with Crippen LogP contribution in [0, 0.1) is 0 Å². The molecule has 0 heterocycles. The third-order valence-corrected chi connectivity index (χ3v) is 10.1. The summed E-state index contributed by atoms with van der Waals surface area (Å²) in [5, 5.41) is 0. The fourth-order valence-corrected chi connectivity index (χ4v) is 6.68. The molecule has 0 aromatic heterocycles. The Balaban J connectivity index is 3.90. The van der Waals surface area contributed by atoms with Gasteiger partial charge in [-0.3, -0.25) is 14.1 Å². The lowest BCUT2D eigenvalue weighted by molar-refractivity contribution is -0.161. The first-order chi connectivity index (χ1) is 26.3. The molecule has 0 fully saturated rings. The zero-order chi connectivity index (χ0) is 39.6. The molecule has 0 unspecified atom stereocenters. The van der Waals surface area contributed by atoms with Gasteiger partial charge in [-0.2, -0.15) is 0 Å². The molecule has 0 saturated carbocycles. The number of rotatable bonds is 41. The van der Waals surface area contributed by atoms with Crippen molar-refractivity contribution in [2.45, 2.75) is 225 Å². The number of allylic oxidation sites excluding steroid dienone is 6. The van der Waals surface area contributed by atoms with E-state index in [0.29, 0.717) is 6.42 Å². The molecule has 0 aromatic carbocycles. The minimum atomic E-state index is -4.76. The third kappa shape index (κ3) is 43.0. The van der Waals surface area contributed by atoms with Crippen molar-refractivity contribution in [3.05, 3.63) is 36.5 Å². The van der Waals surface area contributed by atoms with E-state index in [-0.39, 0.29) is 19.4 Å². The number of unbranched alkanes of at least 4 members (excludes halogenated alkanes) is 25. The molecule has 8 nitrogen and oxygen atoms in total. The minimum absolute atomic E-state index is 0.188. The van der Waals surface area contributed by atoms with Crippen LogP contribution >= 0.6 is 7.82 Å². The molecule has 316 valence electrons. The van der Waals surface area contributed by atoms with Crippen LogP contribution < -0.4 is 0 Å². The second-order valence-corrected chi connectivity index (χ2v) is 16.3. The average Bonchev–Trinajstić information content (AvgIpc) is 3.14. The molecule has 0 aromatic rings. The summed E-state index contributed by atoms with van der Waals surface area (Å²) in [6.07, 6.45) is 48.7. The van der Waals surface area contributed by atoms with Crippen molar-refractivity contribution < 1.29 is 37.9 Å². The smallest absolute Gasteiger partial charge is 0.462 e. The van der Waals surface area contributed by atoms with Gasteiger partial charge in [-0.05, 0) is 51.4 Å². The third-order valence-electron chi connectivity index (χ3n) is 9.66. The zero-order valence-corrected chi connectivity index (χ0v) is 35.8. The first-order valence-corrected chi connectivity index (χ1v) is 23.8. The SMILES string of the molecule is CCCCC/C=C/C/C=C/C/C=C/CCCCCCC(=O)O[C@H](COC(=O)CCCCCCCCCCCCCCCCCCCCC)COP(=O)(O)O. The molecule has 1 atom stereocenters. The quantitative estimate of drug-likeness (QED) is 0.0272. The molecular formula is C45H83O8P. The van der Waals surface area contributed by atoms with Crippen molar-refractivity contribution in [2.75, 3.05) is 13.2 Å². The van der Waals surface area contributed by atoms with Gasteiger partial charge >= 0.3 is 19.8 Å². The maximum absolute atomic E-state index is 12.4. The van der Waals surface area contributed by atoms with Gasteiger partial charge < -0.3 is 19.3 Å². The Morgan fingerprint density at radius 1 is 0.481 bits per heavy atom. The predicted octanol–water partition coefficient (Wildman–Crippen LogP) is 13.7. The van der Waals surface area contributed by atoms with Gasteiger partial charge in [0.1, 0.15) is 6.61 Å². The Morgan fingerprint density at radius 2 is 0.833 bits per heavy atom. The number of ether oxygens (including phenoxy) is 2. The normalized spacial score (nSPS) is 12.7. The molecule has 0 aliphatic heterocycles. The summed E-state index contributed by atoms with van der Waals surface area (Å²) in [4.78, 5) is 42.9. The highest BCUT2D eigenvalue weighted by Gasteiger charge is 2.22. The molecule has 0 radical (unpaired) electrons. The summed E-state index contributed by atoms with van der Waals surface area (Å²) in [7, 11) is -4.76. The van der Waals surface area contributed by atoms with E-state index in [1.165, 1.54) is 128 Å². The number of hydrogen-bond donors (Lipinski definition) is 2. The van der Waals surface area contributed by atoms with Gasteiger partial charge in [0.2, 0.25) is 0 Å². The van der Waals surface area contributed by atoms with Gasteiger partial charge in [0.15, 0.2) is 6.10 Å². The van der Waals surface area contributed by atoms with Crippen LogP contribution in [0.25, 0.3) is 0 Å². The Bertz CT molecular complexity index is 973. The highest BCUT2D eigenvalue weighted by molar-refractivity contribution is 7.46. The van der Waals surface area contributed by atoms with E-state index in [0.717, 1.165) is 57.8 Å².